The number of thioether (sulfide) groups is 1. The summed E-state index contributed by atoms with van der Waals surface area (Å²) >= 11 is 1.80. The highest BCUT2D eigenvalue weighted by Gasteiger charge is 2.16. The number of fused-ring (bicyclic) bond motifs is 1. The van der Waals surface area contributed by atoms with Gasteiger partial charge in [0.15, 0.2) is 11.5 Å². The molecule has 0 amide bonds. The molecule has 20 heavy (non-hydrogen) atoms. The molecule has 0 aromatic heterocycles. The first-order valence-corrected chi connectivity index (χ1v) is 7.93. The summed E-state index contributed by atoms with van der Waals surface area (Å²) in [7, 11) is 0. The Labute approximate surface area is 123 Å². The van der Waals surface area contributed by atoms with Gasteiger partial charge in [0.2, 0.25) is 6.79 Å². The molecule has 6 heteroatoms. The molecule has 1 heterocycles. The van der Waals surface area contributed by atoms with E-state index in [2.05, 4.69) is 5.32 Å². The predicted molar refractivity (Wildman–Crippen MR) is 79.4 cm³/mol. The van der Waals surface area contributed by atoms with Crippen molar-refractivity contribution in [1.82, 2.24) is 5.32 Å². The molecule has 1 aromatic carbocycles. The zero-order valence-corrected chi connectivity index (χ0v) is 12.2. The van der Waals surface area contributed by atoms with Crippen molar-refractivity contribution in [2.24, 2.45) is 0 Å². The smallest absolute Gasteiger partial charge is 0.231 e. The van der Waals surface area contributed by atoms with Crippen molar-refractivity contribution >= 4 is 11.8 Å². The van der Waals surface area contributed by atoms with Gasteiger partial charge in [-0.15, -0.1) is 0 Å². The first-order chi connectivity index (χ1) is 9.81. The Morgan fingerprint density at radius 1 is 1.25 bits per heavy atom. The van der Waals surface area contributed by atoms with E-state index < -0.39 is 6.10 Å². The van der Waals surface area contributed by atoms with E-state index in [1.165, 1.54) is 0 Å². The monoisotopic (exact) mass is 299 g/mol. The molecule has 112 valence electrons. The van der Waals surface area contributed by atoms with E-state index in [-0.39, 0.29) is 13.4 Å². The average Bonchev–Trinajstić information content (AvgIpc) is 2.93. The molecule has 1 aromatic rings. The van der Waals surface area contributed by atoms with Crippen LogP contribution in [-0.4, -0.2) is 48.2 Å². The molecule has 1 atom stereocenters. The number of aliphatic hydroxyl groups excluding tert-OH is 2. The van der Waals surface area contributed by atoms with Crippen LogP contribution in [0.5, 0.6) is 11.5 Å². The second kappa shape index (κ2) is 8.36. The van der Waals surface area contributed by atoms with Gasteiger partial charge in [0.05, 0.1) is 6.10 Å². The Bertz CT molecular complexity index is 416. The van der Waals surface area contributed by atoms with E-state index in [1.54, 1.807) is 11.8 Å². The summed E-state index contributed by atoms with van der Waals surface area (Å²) in [5.41, 5.74) is 0.828. The minimum atomic E-state index is -0.549. The lowest BCUT2D eigenvalue weighted by Crippen LogP contribution is -2.23. The molecule has 5 nitrogen and oxygen atoms in total. The maximum absolute atomic E-state index is 10.1. The lowest BCUT2D eigenvalue weighted by Gasteiger charge is -2.12. The highest BCUT2D eigenvalue weighted by Crippen LogP contribution is 2.33. The first kappa shape index (κ1) is 15.4. The highest BCUT2D eigenvalue weighted by molar-refractivity contribution is 7.99. The van der Waals surface area contributed by atoms with Gasteiger partial charge in [0.25, 0.3) is 0 Å². The summed E-state index contributed by atoms with van der Waals surface area (Å²) in [5.74, 6) is 3.38. The number of nitrogens with one attached hydrogen (secondary N) is 1. The van der Waals surface area contributed by atoms with Crippen LogP contribution in [0.3, 0.4) is 0 Å². The first-order valence-electron chi connectivity index (χ1n) is 6.78. The predicted octanol–water partition coefficient (Wildman–Crippen LogP) is 1.15. The van der Waals surface area contributed by atoms with E-state index in [0.29, 0.717) is 12.3 Å². The fraction of sp³-hybridized carbons (Fsp3) is 0.571. The third kappa shape index (κ3) is 4.56. The van der Waals surface area contributed by atoms with Crippen LogP contribution in [0.2, 0.25) is 0 Å². The molecular formula is C14H21NO4S. The van der Waals surface area contributed by atoms with E-state index in [4.69, 9.17) is 14.6 Å². The fourth-order valence-corrected chi connectivity index (χ4v) is 2.72. The van der Waals surface area contributed by atoms with Crippen molar-refractivity contribution in [2.45, 2.75) is 12.5 Å². The number of rotatable bonds is 9. The molecule has 0 bridgehead atoms. The van der Waals surface area contributed by atoms with Crippen LogP contribution in [0.4, 0.5) is 0 Å². The van der Waals surface area contributed by atoms with Gasteiger partial charge in [-0.3, -0.25) is 0 Å². The molecule has 0 spiro atoms. The average molecular weight is 299 g/mol. The molecular weight excluding hydrogens is 278 g/mol. The SMILES string of the molecule is OCCCSCCNCC(O)c1ccc2c(c1)OCO2. The van der Waals surface area contributed by atoms with Gasteiger partial charge < -0.3 is 25.0 Å². The van der Waals surface area contributed by atoms with Gasteiger partial charge in [-0.25, -0.2) is 0 Å². The molecule has 2 rings (SSSR count). The van der Waals surface area contributed by atoms with Gasteiger partial charge in [-0.05, 0) is 29.9 Å². The van der Waals surface area contributed by atoms with Gasteiger partial charge in [-0.2, -0.15) is 11.8 Å². The number of hydrogen-bond acceptors (Lipinski definition) is 6. The summed E-state index contributed by atoms with van der Waals surface area (Å²) in [6.07, 6.45) is 0.289. The standard InChI is InChI=1S/C14H21NO4S/c16-5-1-6-20-7-4-15-9-12(17)11-2-3-13-14(8-11)19-10-18-13/h2-3,8,12,15-17H,1,4-7,9-10H2. The van der Waals surface area contributed by atoms with Crippen LogP contribution < -0.4 is 14.8 Å². The van der Waals surface area contributed by atoms with Crippen molar-refractivity contribution in [3.63, 3.8) is 0 Å². The van der Waals surface area contributed by atoms with E-state index >= 15 is 0 Å². The summed E-state index contributed by atoms with van der Waals surface area (Å²) in [5, 5.41) is 22.0. The lowest BCUT2D eigenvalue weighted by molar-refractivity contribution is 0.170. The molecule has 0 fully saturated rings. The van der Waals surface area contributed by atoms with Crippen LogP contribution in [0.25, 0.3) is 0 Å². The zero-order chi connectivity index (χ0) is 14.2. The van der Waals surface area contributed by atoms with E-state index in [1.807, 2.05) is 18.2 Å². The number of hydrogen-bond donors (Lipinski definition) is 3. The minimum absolute atomic E-state index is 0.248. The molecule has 0 saturated heterocycles. The Kier molecular flexibility index (Phi) is 6.46. The topological polar surface area (TPSA) is 71.0 Å². The van der Waals surface area contributed by atoms with Crippen LogP contribution >= 0.6 is 11.8 Å². The van der Waals surface area contributed by atoms with E-state index in [9.17, 15) is 5.11 Å². The van der Waals surface area contributed by atoms with Gasteiger partial charge >= 0.3 is 0 Å². The zero-order valence-electron chi connectivity index (χ0n) is 11.4. The Morgan fingerprint density at radius 3 is 2.95 bits per heavy atom. The normalized spacial score (nSPS) is 14.5. The molecule has 1 aliphatic heterocycles. The summed E-state index contributed by atoms with van der Waals surface area (Å²) in [6, 6.07) is 5.51. The third-order valence-electron chi connectivity index (χ3n) is 2.99. The largest absolute Gasteiger partial charge is 0.454 e. The fourth-order valence-electron chi connectivity index (χ4n) is 1.89. The van der Waals surface area contributed by atoms with E-state index in [0.717, 1.165) is 35.8 Å². The minimum Gasteiger partial charge on any atom is -0.454 e. The molecule has 1 unspecified atom stereocenters. The van der Waals surface area contributed by atoms with Gasteiger partial charge in [0.1, 0.15) is 0 Å². The van der Waals surface area contributed by atoms with Gasteiger partial charge in [-0.1, -0.05) is 6.07 Å². The lowest BCUT2D eigenvalue weighted by atomic mass is 10.1. The molecule has 3 N–H and O–H groups in total. The van der Waals surface area contributed by atoms with Crippen LogP contribution in [-0.2, 0) is 0 Å². The third-order valence-corrected chi connectivity index (χ3v) is 4.06. The maximum Gasteiger partial charge on any atom is 0.231 e. The second-order valence-corrected chi connectivity index (χ2v) is 5.75. The van der Waals surface area contributed by atoms with Crippen LogP contribution in [0.1, 0.15) is 18.1 Å². The highest BCUT2D eigenvalue weighted by atomic mass is 32.2. The van der Waals surface area contributed by atoms with Gasteiger partial charge in [0, 0.05) is 25.4 Å². The summed E-state index contributed by atoms with van der Waals surface area (Å²) in [4.78, 5) is 0. The molecule has 1 aliphatic rings. The van der Waals surface area contributed by atoms with Crippen molar-refractivity contribution in [3.8, 4) is 11.5 Å². The second-order valence-electron chi connectivity index (χ2n) is 4.52. The molecule has 0 saturated carbocycles. The van der Waals surface area contributed by atoms with Crippen LogP contribution in [0.15, 0.2) is 18.2 Å². The maximum atomic E-state index is 10.1. The van der Waals surface area contributed by atoms with Crippen molar-refractivity contribution < 1.29 is 19.7 Å². The Hall–Kier alpha value is -0.950. The van der Waals surface area contributed by atoms with Crippen molar-refractivity contribution in [3.05, 3.63) is 23.8 Å². The molecule has 0 aliphatic carbocycles. The molecule has 0 radical (unpaired) electrons. The van der Waals surface area contributed by atoms with Crippen molar-refractivity contribution in [1.29, 1.82) is 0 Å². The van der Waals surface area contributed by atoms with Crippen molar-refractivity contribution in [2.75, 3.05) is 38.0 Å². The summed E-state index contributed by atoms with van der Waals surface area (Å²) in [6.45, 7) is 1.86. The number of benzene rings is 1. The number of ether oxygens (including phenoxy) is 2. The Morgan fingerprint density at radius 2 is 2.10 bits per heavy atom. The quantitative estimate of drug-likeness (QED) is 0.594. The van der Waals surface area contributed by atoms with Crippen LogP contribution in [0, 0.1) is 0 Å². The summed E-state index contributed by atoms with van der Waals surface area (Å²) < 4.78 is 10.5. The Balaban J connectivity index is 1.66. The number of aliphatic hydroxyl groups is 2.